The van der Waals surface area contributed by atoms with E-state index in [1.807, 2.05) is 6.92 Å². The fraction of sp³-hybridized carbons (Fsp3) is 1.00. The van der Waals surface area contributed by atoms with Crippen molar-refractivity contribution in [2.45, 2.75) is 71.5 Å². The highest BCUT2D eigenvalue weighted by atomic mass is 16.3. The van der Waals surface area contributed by atoms with Crippen LogP contribution in [0.1, 0.15) is 59.8 Å². The van der Waals surface area contributed by atoms with Gasteiger partial charge in [-0.2, -0.15) is 0 Å². The van der Waals surface area contributed by atoms with Gasteiger partial charge in [0.15, 0.2) is 0 Å². The summed E-state index contributed by atoms with van der Waals surface area (Å²) in [5, 5.41) is 19.5. The first kappa shape index (κ1) is 13.9. The highest BCUT2D eigenvalue weighted by Gasteiger charge is 2.27. The number of aliphatic hydroxyl groups is 2. The van der Waals surface area contributed by atoms with Crippen molar-refractivity contribution in [2.75, 3.05) is 0 Å². The molecule has 14 heavy (non-hydrogen) atoms. The largest absolute Gasteiger partial charge is 0.390 e. The van der Waals surface area contributed by atoms with Crippen molar-refractivity contribution in [3.8, 4) is 0 Å². The molecule has 2 nitrogen and oxygen atoms in total. The van der Waals surface area contributed by atoms with Crippen molar-refractivity contribution >= 4 is 0 Å². The van der Waals surface area contributed by atoms with Crippen molar-refractivity contribution in [2.24, 2.45) is 5.92 Å². The van der Waals surface area contributed by atoms with Gasteiger partial charge in [0.05, 0.1) is 11.7 Å². The Morgan fingerprint density at radius 1 is 1.21 bits per heavy atom. The topological polar surface area (TPSA) is 40.5 Å². The molecule has 0 aliphatic rings. The van der Waals surface area contributed by atoms with Gasteiger partial charge in [-0.1, -0.05) is 40.0 Å². The minimum absolute atomic E-state index is 0.573. The molecule has 0 bridgehead atoms. The predicted octanol–water partition coefficient (Wildman–Crippen LogP) is 2.72. The van der Waals surface area contributed by atoms with Crippen LogP contribution >= 0.6 is 0 Å². The van der Waals surface area contributed by atoms with Crippen molar-refractivity contribution in [1.82, 2.24) is 0 Å². The van der Waals surface area contributed by atoms with Crippen LogP contribution < -0.4 is 0 Å². The molecular weight excluding hydrogens is 176 g/mol. The van der Waals surface area contributed by atoms with Crippen LogP contribution in [0.5, 0.6) is 0 Å². The Hall–Kier alpha value is -0.0800. The Balaban J connectivity index is 3.69. The number of rotatable bonds is 7. The molecule has 0 radical (unpaired) electrons. The highest BCUT2D eigenvalue weighted by molar-refractivity contribution is 4.79. The molecule has 0 amide bonds. The van der Waals surface area contributed by atoms with Gasteiger partial charge < -0.3 is 10.2 Å². The quantitative estimate of drug-likeness (QED) is 0.666. The molecule has 0 aromatic rings. The summed E-state index contributed by atoms with van der Waals surface area (Å²) in [5.74, 6) is 0.730. The van der Waals surface area contributed by atoms with Crippen LogP contribution in [-0.4, -0.2) is 21.9 Å². The first-order valence-corrected chi connectivity index (χ1v) is 5.84. The molecule has 0 rings (SSSR count). The lowest BCUT2D eigenvalue weighted by atomic mass is 9.90. The molecular formula is C12H26O2. The van der Waals surface area contributed by atoms with Gasteiger partial charge in [-0.3, -0.25) is 0 Å². The zero-order valence-corrected chi connectivity index (χ0v) is 10.1. The molecule has 0 aliphatic heterocycles. The molecule has 0 spiro atoms. The average molecular weight is 202 g/mol. The Morgan fingerprint density at radius 3 is 2.21 bits per heavy atom. The van der Waals surface area contributed by atoms with E-state index in [-0.39, 0.29) is 0 Å². The lowest BCUT2D eigenvalue weighted by molar-refractivity contribution is -0.0680. The van der Waals surface area contributed by atoms with Crippen LogP contribution in [0.2, 0.25) is 0 Å². The average Bonchev–Trinajstić information content (AvgIpc) is 2.17. The molecule has 0 aromatic carbocycles. The lowest BCUT2D eigenvalue weighted by Gasteiger charge is -2.28. The summed E-state index contributed by atoms with van der Waals surface area (Å²) in [6.07, 6.45) is 4.10. The molecule has 0 aliphatic carbocycles. The van der Waals surface area contributed by atoms with E-state index in [4.69, 9.17) is 0 Å². The van der Waals surface area contributed by atoms with Crippen LogP contribution in [0.3, 0.4) is 0 Å². The Bertz CT molecular complexity index is 143. The molecule has 0 saturated carbocycles. The van der Waals surface area contributed by atoms with Crippen molar-refractivity contribution in [3.05, 3.63) is 0 Å². The summed E-state index contributed by atoms with van der Waals surface area (Å²) in [4.78, 5) is 0. The van der Waals surface area contributed by atoms with Gasteiger partial charge in [0.1, 0.15) is 0 Å². The second kappa shape index (κ2) is 6.41. The van der Waals surface area contributed by atoms with Crippen LogP contribution in [-0.2, 0) is 0 Å². The van der Waals surface area contributed by atoms with Gasteiger partial charge in [-0.05, 0) is 25.7 Å². The molecule has 0 aromatic heterocycles. The summed E-state index contributed by atoms with van der Waals surface area (Å²) >= 11 is 0. The van der Waals surface area contributed by atoms with Crippen LogP contribution in [0.15, 0.2) is 0 Å². The molecule has 0 heterocycles. The van der Waals surface area contributed by atoms with Crippen LogP contribution in [0.4, 0.5) is 0 Å². The maximum atomic E-state index is 9.76. The molecule has 3 atom stereocenters. The lowest BCUT2D eigenvalue weighted by Crippen LogP contribution is -2.38. The monoisotopic (exact) mass is 202 g/mol. The van der Waals surface area contributed by atoms with E-state index in [1.54, 1.807) is 6.92 Å². The van der Waals surface area contributed by atoms with E-state index in [0.717, 1.165) is 18.8 Å². The highest BCUT2D eigenvalue weighted by Crippen LogP contribution is 2.20. The number of hydrogen-bond acceptors (Lipinski definition) is 2. The van der Waals surface area contributed by atoms with Gasteiger partial charge in [0.25, 0.3) is 0 Å². The minimum Gasteiger partial charge on any atom is -0.390 e. The first-order chi connectivity index (χ1) is 6.44. The van der Waals surface area contributed by atoms with E-state index in [0.29, 0.717) is 12.8 Å². The molecule has 0 fully saturated rings. The third-order valence-corrected chi connectivity index (χ3v) is 3.31. The van der Waals surface area contributed by atoms with Gasteiger partial charge in [0.2, 0.25) is 0 Å². The Kier molecular flexibility index (Phi) is 6.38. The van der Waals surface area contributed by atoms with Crippen molar-refractivity contribution in [1.29, 1.82) is 0 Å². The second-order valence-corrected chi connectivity index (χ2v) is 4.67. The van der Waals surface area contributed by atoms with Crippen LogP contribution in [0.25, 0.3) is 0 Å². The normalized spacial score (nSPS) is 20.1. The maximum Gasteiger partial charge on any atom is 0.0874 e. The molecule has 3 unspecified atom stereocenters. The van der Waals surface area contributed by atoms with Crippen molar-refractivity contribution < 1.29 is 10.2 Å². The molecule has 86 valence electrons. The standard InChI is InChI=1S/C12H26O2/c1-5-10(3)8-7-9-11(13)12(4,14)6-2/h10-11,13-14H,5-9H2,1-4H3. The summed E-state index contributed by atoms with van der Waals surface area (Å²) in [5.41, 5.74) is -0.907. The number of hydrogen-bond donors (Lipinski definition) is 2. The van der Waals surface area contributed by atoms with Crippen LogP contribution in [0, 0.1) is 5.92 Å². The zero-order chi connectivity index (χ0) is 11.2. The fourth-order valence-corrected chi connectivity index (χ4v) is 1.41. The number of aliphatic hydroxyl groups excluding tert-OH is 1. The Morgan fingerprint density at radius 2 is 1.79 bits per heavy atom. The van der Waals surface area contributed by atoms with E-state index in [9.17, 15) is 10.2 Å². The Labute approximate surface area is 88.3 Å². The third-order valence-electron chi connectivity index (χ3n) is 3.31. The zero-order valence-electron chi connectivity index (χ0n) is 10.1. The van der Waals surface area contributed by atoms with E-state index >= 15 is 0 Å². The second-order valence-electron chi connectivity index (χ2n) is 4.67. The van der Waals surface area contributed by atoms with Gasteiger partial charge in [-0.25, -0.2) is 0 Å². The first-order valence-electron chi connectivity index (χ1n) is 5.84. The van der Waals surface area contributed by atoms with Crippen molar-refractivity contribution in [3.63, 3.8) is 0 Å². The van der Waals surface area contributed by atoms with Gasteiger partial charge >= 0.3 is 0 Å². The summed E-state index contributed by atoms with van der Waals surface area (Å²) in [6.45, 7) is 8.02. The van der Waals surface area contributed by atoms with Gasteiger partial charge in [0, 0.05) is 0 Å². The predicted molar refractivity (Wildman–Crippen MR) is 60.2 cm³/mol. The van der Waals surface area contributed by atoms with Gasteiger partial charge in [-0.15, -0.1) is 0 Å². The molecule has 2 N–H and O–H groups in total. The summed E-state index contributed by atoms with van der Waals surface area (Å²) < 4.78 is 0. The minimum atomic E-state index is -0.907. The molecule has 2 heteroatoms. The van der Waals surface area contributed by atoms with E-state index in [1.165, 1.54) is 6.42 Å². The molecule has 0 saturated heterocycles. The van der Waals surface area contributed by atoms with E-state index in [2.05, 4.69) is 13.8 Å². The maximum absolute atomic E-state index is 9.76. The SMILES string of the molecule is CCC(C)CCCC(O)C(C)(O)CC. The smallest absolute Gasteiger partial charge is 0.0874 e. The summed E-state index contributed by atoms with van der Waals surface area (Å²) in [6, 6.07) is 0. The fourth-order valence-electron chi connectivity index (χ4n) is 1.41. The summed E-state index contributed by atoms with van der Waals surface area (Å²) in [7, 11) is 0. The van der Waals surface area contributed by atoms with E-state index < -0.39 is 11.7 Å². The third kappa shape index (κ3) is 4.97.